The summed E-state index contributed by atoms with van der Waals surface area (Å²) in [6.45, 7) is 15.2. The first-order valence-corrected chi connectivity index (χ1v) is 17.0. The van der Waals surface area contributed by atoms with Gasteiger partial charge in [-0.25, -0.2) is 0 Å². The summed E-state index contributed by atoms with van der Waals surface area (Å²) in [6, 6.07) is 0. The maximum absolute atomic E-state index is 13.6. The lowest BCUT2D eigenvalue weighted by Gasteiger charge is -2.73. The monoisotopic (exact) mass is 618 g/mol. The smallest absolute Gasteiger partial charge is 0.317 e. The zero-order valence-corrected chi connectivity index (χ0v) is 27.6. The lowest BCUT2D eigenvalue weighted by atomic mass is 9.33. The minimum Gasteiger partial charge on any atom is -0.455 e. The van der Waals surface area contributed by atoms with Gasteiger partial charge in [0.25, 0.3) is 0 Å². The predicted octanol–water partition coefficient (Wildman–Crippen LogP) is 3.38. The Morgan fingerprint density at radius 1 is 0.818 bits per heavy atom. The first-order chi connectivity index (χ1) is 20.3. The van der Waals surface area contributed by atoms with Crippen molar-refractivity contribution in [2.24, 2.45) is 38.9 Å². The Morgan fingerprint density at radius 2 is 1.50 bits per heavy atom. The summed E-state index contributed by atoms with van der Waals surface area (Å²) in [5, 5.41) is 55.2. The van der Waals surface area contributed by atoms with E-state index in [1.54, 1.807) is 6.92 Å². The third kappa shape index (κ3) is 3.58. The fraction of sp³-hybridized carbons (Fsp3) is 0.914. The molecule has 0 aromatic rings. The van der Waals surface area contributed by atoms with Crippen LogP contribution in [-0.4, -0.2) is 86.1 Å². The number of aliphatic hydroxyl groups is 5. The lowest BCUT2D eigenvalue weighted by Crippen LogP contribution is -2.72. The molecule has 3 heterocycles. The minimum absolute atomic E-state index is 0.0863. The van der Waals surface area contributed by atoms with Crippen molar-refractivity contribution in [2.45, 2.75) is 154 Å². The van der Waals surface area contributed by atoms with E-state index < -0.39 is 47.3 Å². The van der Waals surface area contributed by atoms with E-state index in [0.717, 1.165) is 43.3 Å². The topological polar surface area (TPSA) is 146 Å². The van der Waals surface area contributed by atoms with E-state index in [1.807, 2.05) is 6.92 Å². The zero-order chi connectivity index (χ0) is 32.0. The predicted molar refractivity (Wildman–Crippen MR) is 160 cm³/mol. The van der Waals surface area contributed by atoms with Gasteiger partial charge < -0.3 is 39.7 Å². The van der Waals surface area contributed by atoms with Crippen molar-refractivity contribution in [1.82, 2.24) is 0 Å². The van der Waals surface area contributed by atoms with E-state index in [2.05, 4.69) is 34.6 Å². The van der Waals surface area contributed by atoms with E-state index in [9.17, 15) is 30.3 Å². The van der Waals surface area contributed by atoms with Gasteiger partial charge in [-0.05, 0) is 116 Å². The number of fused-ring (bicyclic) bond motifs is 7. The fourth-order valence-electron chi connectivity index (χ4n) is 12.4. The maximum atomic E-state index is 13.6. The van der Waals surface area contributed by atoms with E-state index in [4.69, 9.17) is 14.2 Å². The van der Waals surface area contributed by atoms with Crippen LogP contribution >= 0.6 is 0 Å². The van der Waals surface area contributed by atoms with Crippen LogP contribution in [0.25, 0.3) is 0 Å². The number of carbonyl (C=O) groups excluding carboxylic acids is 1. The fourth-order valence-corrected chi connectivity index (χ4v) is 12.4. The molecule has 0 aromatic carbocycles. The van der Waals surface area contributed by atoms with Gasteiger partial charge in [0.2, 0.25) is 0 Å². The van der Waals surface area contributed by atoms with Crippen molar-refractivity contribution in [3.63, 3.8) is 0 Å². The number of ether oxygens (including phenoxy) is 3. The molecular weight excluding hydrogens is 564 g/mol. The number of aliphatic hydroxyl groups excluding tert-OH is 4. The molecule has 44 heavy (non-hydrogen) atoms. The molecule has 5 aliphatic carbocycles. The van der Waals surface area contributed by atoms with Gasteiger partial charge in [0, 0.05) is 0 Å². The minimum atomic E-state index is -1.34. The molecule has 4 saturated carbocycles. The van der Waals surface area contributed by atoms with Gasteiger partial charge in [-0.15, -0.1) is 0 Å². The first kappa shape index (κ1) is 31.5. The summed E-state index contributed by atoms with van der Waals surface area (Å²) in [7, 11) is 0. The molecule has 2 bridgehead atoms. The maximum Gasteiger partial charge on any atom is 0.317 e. The quantitative estimate of drug-likeness (QED) is 0.179. The van der Waals surface area contributed by atoms with Crippen molar-refractivity contribution >= 4 is 5.97 Å². The second-order valence-electron chi connectivity index (χ2n) is 17.4. The standard InChI is InChI=1S/C35H54O9/c1-29(2)20-8-11-31(4)21(30(20,3)10-9-22(29)43-27-25(39)24(38)19(37)17-42-27)16-18(36)23-26-34(7,41)33(6)13-15-35(26,28(40)44-33)14-12-32(23,31)5/h18-22,24-25,27,36-39,41H,8-17H2,1-7H3. The van der Waals surface area contributed by atoms with E-state index in [-0.39, 0.29) is 52.2 Å². The van der Waals surface area contributed by atoms with Crippen LogP contribution in [0.3, 0.4) is 0 Å². The van der Waals surface area contributed by atoms with Crippen LogP contribution in [-0.2, 0) is 19.0 Å². The van der Waals surface area contributed by atoms with E-state index in [1.165, 1.54) is 0 Å². The number of rotatable bonds is 2. The second kappa shape index (κ2) is 9.30. The highest BCUT2D eigenvalue weighted by molar-refractivity contribution is 5.86. The molecule has 3 aliphatic heterocycles. The Labute approximate surface area is 261 Å². The third-order valence-corrected chi connectivity index (χ3v) is 15.4. The van der Waals surface area contributed by atoms with Crippen LogP contribution < -0.4 is 0 Å². The van der Waals surface area contributed by atoms with E-state index in [0.29, 0.717) is 25.7 Å². The Kier molecular flexibility index (Phi) is 6.66. The Bertz CT molecular complexity index is 1280. The molecule has 7 fully saturated rings. The molecule has 1 spiro atoms. The van der Waals surface area contributed by atoms with Crippen LogP contribution in [0.2, 0.25) is 0 Å². The van der Waals surface area contributed by atoms with Crippen molar-refractivity contribution in [1.29, 1.82) is 0 Å². The largest absolute Gasteiger partial charge is 0.455 e. The zero-order valence-electron chi connectivity index (χ0n) is 27.6. The Hall–Kier alpha value is -1.07. The molecule has 5 N–H and O–H groups in total. The van der Waals surface area contributed by atoms with Crippen LogP contribution in [0.15, 0.2) is 11.1 Å². The second-order valence-corrected chi connectivity index (χ2v) is 17.4. The molecule has 8 rings (SSSR count). The average Bonchev–Trinajstić information content (AvgIpc) is 2.93. The van der Waals surface area contributed by atoms with Crippen molar-refractivity contribution in [2.75, 3.05) is 6.61 Å². The third-order valence-electron chi connectivity index (χ3n) is 15.4. The first-order valence-electron chi connectivity index (χ1n) is 17.0. The van der Waals surface area contributed by atoms with Crippen LogP contribution in [0.1, 0.15) is 106 Å². The van der Waals surface area contributed by atoms with Gasteiger partial charge in [0.05, 0.1) is 24.2 Å². The molecule has 14 atom stereocenters. The van der Waals surface area contributed by atoms with Gasteiger partial charge in [0.15, 0.2) is 6.29 Å². The summed E-state index contributed by atoms with van der Waals surface area (Å²) in [4.78, 5) is 13.6. The number of hydrogen-bond donors (Lipinski definition) is 5. The van der Waals surface area contributed by atoms with Gasteiger partial charge >= 0.3 is 5.97 Å². The molecule has 248 valence electrons. The highest BCUT2D eigenvalue weighted by Gasteiger charge is 2.75. The Morgan fingerprint density at radius 3 is 2.18 bits per heavy atom. The normalized spacial score (nSPS) is 58.0. The number of esters is 1. The van der Waals surface area contributed by atoms with Crippen molar-refractivity contribution < 1.29 is 44.5 Å². The molecule has 0 amide bonds. The molecule has 3 saturated heterocycles. The molecule has 9 heteroatoms. The number of hydrogen-bond acceptors (Lipinski definition) is 9. The lowest BCUT2D eigenvalue weighted by molar-refractivity contribution is -0.309. The summed E-state index contributed by atoms with van der Waals surface area (Å²) in [6.07, 6.45) is 1.12. The average molecular weight is 619 g/mol. The summed E-state index contributed by atoms with van der Waals surface area (Å²) in [5.41, 5.74) is -2.41. The summed E-state index contributed by atoms with van der Waals surface area (Å²) < 4.78 is 18.0. The summed E-state index contributed by atoms with van der Waals surface area (Å²) >= 11 is 0. The Balaban J connectivity index is 1.24. The van der Waals surface area contributed by atoms with Crippen LogP contribution in [0.5, 0.6) is 0 Å². The van der Waals surface area contributed by atoms with Crippen molar-refractivity contribution in [3.8, 4) is 0 Å². The van der Waals surface area contributed by atoms with Crippen LogP contribution in [0, 0.1) is 38.9 Å². The molecule has 0 radical (unpaired) electrons. The van der Waals surface area contributed by atoms with Gasteiger partial charge in [-0.3, -0.25) is 4.79 Å². The number of carbonyl (C=O) groups is 1. The van der Waals surface area contributed by atoms with Crippen LogP contribution in [0.4, 0.5) is 0 Å². The SMILES string of the molecule is CC1(C)C(OC2OCC(O)C(O)C2O)CCC2(C)C1CCC1(C)C2CC(O)C2=C3C4(CCC(C)(OC4=O)C3(C)O)CCC21C. The molecule has 14 unspecified atom stereocenters. The van der Waals surface area contributed by atoms with E-state index >= 15 is 0 Å². The van der Waals surface area contributed by atoms with Crippen molar-refractivity contribution in [3.05, 3.63) is 11.1 Å². The van der Waals surface area contributed by atoms with Gasteiger partial charge in [-0.2, -0.15) is 0 Å². The molecule has 0 aromatic heterocycles. The summed E-state index contributed by atoms with van der Waals surface area (Å²) in [5.74, 6) is 0.270. The van der Waals surface area contributed by atoms with Gasteiger partial charge in [0.1, 0.15) is 29.5 Å². The van der Waals surface area contributed by atoms with Gasteiger partial charge in [-0.1, -0.05) is 34.6 Å². The molecule has 9 nitrogen and oxygen atoms in total. The molecular formula is C35H54O9. The highest BCUT2D eigenvalue weighted by atomic mass is 16.7. The highest BCUT2D eigenvalue weighted by Crippen LogP contribution is 2.77. The molecule has 8 aliphatic rings.